The second-order valence-corrected chi connectivity index (χ2v) is 4.05. The second-order valence-electron chi connectivity index (χ2n) is 4.05. The molecule has 1 aliphatic carbocycles. The Morgan fingerprint density at radius 1 is 1.27 bits per heavy atom. The van der Waals surface area contributed by atoms with Gasteiger partial charge in [-0.1, -0.05) is 6.07 Å². The number of fused-ring (bicyclic) bond motifs is 1. The molecule has 0 amide bonds. The molecule has 0 saturated heterocycles. The number of carboxylic acid groups (broad SMARTS) is 1. The number of hydrogen-bond donors (Lipinski definition) is 2. The van der Waals surface area contributed by atoms with Crippen LogP contribution in [0.2, 0.25) is 0 Å². The Hall–Kier alpha value is -1.51. The molecule has 0 atom stereocenters. The van der Waals surface area contributed by atoms with Gasteiger partial charge in [0, 0.05) is 5.69 Å². The van der Waals surface area contributed by atoms with E-state index in [1.165, 1.54) is 11.1 Å². The minimum Gasteiger partial charge on any atom is -0.481 e. The highest BCUT2D eigenvalue weighted by molar-refractivity contribution is 5.72. The van der Waals surface area contributed by atoms with Gasteiger partial charge in [-0.15, -0.1) is 0 Å². The lowest BCUT2D eigenvalue weighted by atomic mass is 9.86. The van der Waals surface area contributed by atoms with Crippen molar-refractivity contribution in [2.75, 3.05) is 5.73 Å². The van der Waals surface area contributed by atoms with E-state index in [4.69, 9.17) is 10.8 Å². The van der Waals surface area contributed by atoms with E-state index in [1.807, 2.05) is 12.1 Å². The molecule has 1 aromatic carbocycles. The molecule has 3 N–H and O–H groups in total. The molecule has 0 fully saturated rings. The fraction of sp³-hybridized carbons (Fsp3) is 0.417. The summed E-state index contributed by atoms with van der Waals surface area (Å²) in [6.07, 6.45) is 4.39. The maximum Gasteiger partial charge on any atom is 0.307 e. The van der Waals surface area contributed by atoms with Crippen molar-refractivity contribution in [2.45, 2.75) is 32.1 Å². The monoisotopic (exact) mass is 205 g/mol. The quantitative estimate of drug-likeness (QED) is 0.723. The van der Waals surface area contributed by atoms with Crippen LogP contribution in [-0.2, 0) is 24.1 Å². The topological polar surface area (TPSA) is 63.3 Å². The first-order chi connectivity index (χ1) is 7.18. The van der Waals surface area contributed by atoms with Gasteiger partial charge in [-0.2, -0.15) is 0 Å². The lowest BCUT2D eigenvalue weighted by Crippen LogP contribution is -2.12. The SMILES string of the molecule is Nc1ccc(CC(=O)O)c2c1CCCC2. The fourth-order valence-corrected chi connectivity index (χ4v) is 2.30. The van der Waals surface area contributed by atoms with Gasteiger partial charge in [-0.05, 0) is 48.4 Å². The lowest BCUT2D eigenvalue weighted by molar-refractivity contribution is -0.136. The van der Waals surface area contributed by atoms with Crippen LogP contribution < -0.4 is 5.73 Å². The van der Waals surface area contributed by atoms with Crippen molar-refractivity contribution in [3.05, 3.63) is 28.8 Å². The Kier molecular flexibility index (Phi) is 2.62. The van der Waals surface area contributed by atoms with Gasteiger partial charge in [0.25, 0.3) is 0 Å². The highest BCUT2D eigenvalue weighted by Gasteiger charge is 2.16. The zero-order chi connectivity index (χ0) is 10.8. The number of anilines is 1. The number of rotatable bonds is 2. The minimum absolute atomic E-state index is 0.114. The molecule has 80 valence electrons. The third-order valence-corrected chi connectivity index (χ3v) is 3.01. The number of hydrogen-bond acceptors (Lipinski definition) is 2. The van der Waals surface area contributed by atoms with Crippen molar-refractivity contribution < 1.29 is 9.90 Å². The van der Waals surface area contributed by atoms with Gasteiger partial charge in [-0.25, -0.2) is 0 Å². The summed E-state index contributed by atoms with van der Waals surface area (Å²) in [6, 6.07) is 3.69. The van der Waals surface area contributed by atoms with Gasteiger partial charge in [-0.3, -0.25) is 4.79 Å². The Morgan fingerprint density at radius 2 is 1.93 bits per heavy atom. The van der Waals surface area contributed by atoms with E-state index in [0.717, 1.165) is 36.9 Å². The van der Waals surface area contributed by atoms with Crippen LogP contribution >= 0.6 is 0 Å². The molecule has 0 aromatic heterocycles. The normalized spacial score (nSPS) is 14.7. The van der Waals surface area contributed by atoms with Crippen LogP contribution in [0, 0.1) is 0 Å². The maximum atomic E-state index is 10.7. The van der Waals surface area contributed by atoms with Gasteiger partial charge in [0.05, 0.1) is 6.42 Å². The van der Waals surface area contributed by atoms with E-state index in [-0.39, 0.29) is 6.42 Å². The van der Waals surface area contributed by atoms with Crippen molar-refractivity contribution in [2.24, 2.45) is 0 Å². The highest BCUT2D eigenvalue weighted by Crippen LogP contribution is 2.29. The van der Waals surface area contributed by atoms with Gasteiger partial charge in [0.2, 0.25) is 0 Å². The number of carbonyl (C=O) groups is 1. The molecule has 1 aliphatic rings. The molecule has 15 heavy (non-hydrogen) atoms. The Balaban J connectivity index is 2.43. The average Bonchev–Trinajstić information content (AvgIpc) is 2.22. The zero-order valence-corrected chi connectivity index (χ0v) is 8.62. The smallest absolute Gasteiger partial charge is 0.307 e. The number of carboxylic acids is 1. The van der Waals surface area contributed by atoms with Crippen LogP contribution in [0.4, 0.5) is 5.69 Å². The van der Waals surface area contributed by atoms with Crippen molar-refractivity contribution in [1.82, 2.24) is 0 Å². The number of nitrogens with two attached hydrogens (primary N) is 1. The summed E-state index contributed by atoms with van der Waals surface area (Å²) in [6.45, 7) is 0. The standard InChI is InChI=1S/C12H15NO2/c13-11-6-5-8(7-12(14)15)9-3-1-2-4-10(9)11/h5-6H,1-4,7,13H2,(H,14,15). The van der Waals surface area contributed by atoms with E-state index in [0.29, 0.717) is 0 Å². The van der Waals surface area contributed by atoms with Crippen LogP contribution in [0.25, 0.3) is 0 Å². The lowest BCUT2D eigenvalue weighted by Gasteiger charge is -2.20. The average molecular weight is 205 g/mol. The fourth-order valence-electron chi connectivity index (χ4n) is 2.30. The van der Waals surface area contributed by atoms with Crippen LogP contribution in [0.1, 0.15) is 29.5 Å². The molecule has 0 heterocycles. The molecule has 3 nitrogen and oxygen atoms in total. The van der Waals surface area contributed by atoms with Gasteiger partial charge < -0.3 is 10.8 Å². The summed E-state index contributed by atoms with van der Waals surface area (Å²) < 4.78 is 0. The molecule has 0 radical (unpaired) electrons. The van der Waals surface area contributed by atoms with E-state index in [9.17, 15) is 4.79 Å². The van der Waals surface area contributed by atoms with Crippen molar-refractivity contribution in [3.8, 4) is 0 Å². The highest BCUT2D eigenvalue weighted by atomic mass is 16.4. The Morgan fingerprint density at radius 3 is 2.60 bits per heavy atom. The maximum absolute atomic E-state index is 10.7. The van der Waals surface area contributed by atoms with Gasteiger partial charge in [0.15, 0.2) is 0 Å². The Bertz CT molecular complexity index is 399. The summed E-state index contributed by atoms with van der Waals surface area (Å²) in [4.78, 5) is 10.7. The van der Waals surface area contributed by atoms with Crippen LogP contribution in [-0.4, -0.2) is 11.1 Å². The number of aliphatic carboxylic acids is 1. The first kappa shape index (κ1) is 10.0. The summed E-state index contributed by atoms with van der Waals surface area (Å²) >= 11 is 0. The van der Waals surface area contributed by atoms with Crippen LogP contribution in [0.3, 0.4) is 0 Å². The summed E-state index contributed by atoms with van der Waals surface area (Å²) in [5.41, 5.74) is 10.0. The molecule has 0 unspecified atom stereocenters. The van der Waals surface area contributed by atoms with E-state index in [1.54, 1.807) is 0 Å². The summed E-state index contributed by atoms with van der Waals surface area (Å²) in [5, 5.41) is 8.81. The second kappa shape index (κ2) is 3.93. The molecular weight excluding hydrogens is 190 g/mol. The molecule has 3 heteroatoms. The van der Waals surface area contributed by atoms with Crippen molar-refractivity contribution in [3.63, 3.8) is 0 Å². The third kappa shape index (κ3) is 1.96. The Labute approximate surface area is 88.9 Å². The predicted octanol–water partition coefficient (Wildman–Crippen LogP) is 1.77. The molecule has 2 rings (SSSR count). The molecule has 1 aromatic rings. The van der Waals surface area contributed by atoms with Gasteiger partial charge >= 0.3 is 5.97 Å². The molecule has 0 saturated carbocycles. The van der Waals surface area contributed by atoms with Crippen molar-refractivity contribution in [1.29, 1.82) is 0 Å². The van der Waals surface area contributed by atoms with Crippen LogP contribution in [0.5, 0.6) is 0 Å². The molecule has 0 spiro atoms. The summed E-state index contributed by atoms with van der Waals surface area (Å²) in [5.74, 6) is -0.771. The molecule has 0 bridgehead atoms. The predicted molar refractivity (Wildman–Crippen MR) is 58.8 cm³/mol. The first-order valence-electron chi connectivity index (χ1n) is 5.29. The molecular formula is C12H15NO2. The van der Waals surface area contributed by atoms with Crippen LogP contribution in [0.15, 0.2) is 12.1 Å². The van der Waals surface area contributed by atoms with E-state index in [2.05, 4.69) is 0 Å². The first-order valence-corrected chi connectivity index (χ1v) is 5.29. The van der Waals surface area contributed by atoms with E-state index < -0.39 is 5.97 Å². The van der Waals surface area contributed by atoms with E-state index >= 15 is 0 Å². The largest absolute Gasteiger partial charge is 0.481 e. The van der Waals surface area contributed by atoms with Gasteiger partial charge in [0.1, 0.15) is 0 Å². The van der Waals surface area contributed by atoms with Crippen molar-refractivity contribution >= 4 is 11.7 Å². The number of benzene rings is 1. The third-order valence-electron chi connectivity index (χ3n) is 3.01. The minimum atomic E-state index is -0.771. The zero-order valence-electron chi connectivity index (χ0n) is 8.62. The number of nitrogen functional groups attached to an aromatic ring is 1. The molecule has 0 aliphatic heterocycles. The summed E-state index contributed by atoms with van der Waals surface area (Å²) in [7, 11) is 0.